The standard InChI is InChI=1S/C17H26N2O/c1-11(18)13-6-5-9-19-15(13)20-14-10-12-7-8-17(14,4)16(12,2)3/h5-6,9,11-12,14H,7-8,10,18H2,1-4H3/t11-,12?,14?,17?/m0/s1. The maximum absolute atomic E-state index is 6.35. The predicted octanol–water partition coefficient (Wildman–Crippen LogP) is 3.69. The molecular formula is C17H26N2O. The van der Waals surface area contributed by atoms with Crippen LogP contribution in [0, 0.1) is 16.7 Å². The molecule has 3 rings (SSSR count). The van der Waals surface area contributed by atoms with E-state index in [9.17, 15) is 0 Å². The average Bonchev–Trinajstić information content (AvgIpc) is 2.72. The molecule has 0 amide bonds. The second-order valence-electron chi connectivity index (χ2n) is 7.40. The monoisotopic (exact) mass is 274 g/mol. The van der Waals surface area contributed by atoms with Gasteiger partial charge in [0.2, 0.25) is 5.88 Å². The van der Waals surface area contributed by atoms with Crippen molar-refractivity contribution in [1.29, 1.82) is 0 Å². The molecule has 3 heteroatoms. The number of hydrogen-bond donors (Lipinski definition) is 1. The molecule has 2 N–H and O–H groups in total. The zero-order valence-electron chi connectivity index (χ0n) is 13.0. The Morgan fingerprint density at radius 3 is 2.70 bits per heavy atom. The van der Waals surface area contributed by atoms with E-state index in [4.69, 9.17) is 10.5 Å². The number of nitrogens with zero attached hydrogens (tertiary/aromatic N) is 1. The molecule has 3 unspecified atom stereocenters. The lowest BCUT2D eigenvalue weighted by molar-refractivity contribution is 0.0265. The van der Waals surface area contributed by atoms with Crippen molar-refractivity contribution in [2.24, 2.45) is 22.5 Å². The van der Waals surface area contributed by atoms with Crippen LogP contribution in [0.15, 0.2) is 18.3 Å². The number of aromatic nitrogens is 1. The first kappa shape index (κ1) is 13.9. The van der Waals surface area contributed by atoms with Gasteiger partial charge in [-0.25, -0.2) is 4.98 Å². The second-order valence-corrected chi connectivity index (χ2v) is 7.40. The molecule has 3 nitrogen and oxygen atoms in total. The highest BCUT2D eigenvalue weighted by Crippen LogP contribution is 2.66. The van der Waals surface area contributed by atoms with Crippen LogP contribution in [-0.2, 0) is 0 Å². The number of rotatable bonds is 3. The molecule has 1 aromatic heterocycles. The van der Waals surface area contributed by atoms with Crippen LogP contribution in [0.1, 0.15) is 58.6 Å². The fourth-order valence-corrected chi connectivity index (χ4v) is 4.29. The summed E-state index contributed by atoms with van der Waals surface area (Å²) in [5.74, 6) is 1.51. The van der Waals surface area contributed by atoms with Gasteiger partial charge in [0.1, 0.15) is 6.10 Å². The van der Waals surface area contributed by atoms with Gasteiger partial charge in [-0.2, -0.15) is 0 Å². The van der Waals surface area contributed by atoms with E-state index in [1.807, 2.05) is 19.1 Å². The molecule has 0 radical (unpaired) electrons. The van der Waals surface area contributed by atoms with Gasteiger partial charge < -0.3 is 10.5 Å². The molecule has 110 valence electrons. The Morgan fingerprint density at radius 2 is 2.15 bits per heavy atom. The third-order valence-corrected chi connectivity index (χ3v) is 6.26. The van der Waals surface area contributed by atoms with Crippen LogP contribution in [0.25, 0.3) is 0 Å². The molecule has 0 saturated heterocycles. The van der Waals surface area contributed by atoms with E-state index in [0.717, 1.165) is 23.8 Å². The van der Waals surface area contributed by atoms with Crippen LogP contribution in [0.5, 0.6) is 5.88 Å². The van der Waals surface area contributed by atoms with Crippen LogP contribution in [0.3, 0.4) is 0 Å². The van der Waals surface area contributed by atoms with E-state index in [1.165, 1.54) is 12.8 Å². The summed E-state index contributed by atoms with van der Waals surface area (Å²) in [6.45, 7) is 9.17. The summed E-state index contributed by atoms with van der Waals surface area (Å²) in [4.78, 5) is 4.42. The van der Waals surface area contributed by atoms with Crippen molar-refractivity contribution in [1.82, 2.24) is 4.98 Å². The van der Waals surface area contributed by atoms with E-state index in [0.29, 0.717) is 5.41 Å². The zero-order valence-corrected chi connectivity index (χ0v) is 13.0. The Morgan fingerprint density at radius 1 is 1.40 bits per heavy atom. The molecule has 1 heterocycles. The van der Waals surface area contributed by atoms with Crippen molar-refractivity contribution < 1.29 is 4.74 Å². The topological polar surface area (TPSA) is 48.1 Å². The van der Waals surface area contributed by atoms with Crippen LogP contribution in [-0.4, -0.2) is 11.1 Å². The first-order chi connectivity index (χ1) is 9.36. The van der Waals surface area contributed by atoms with E-state index >= 15 is 0 Å². The van der Waals surface area contributed by atoms with Crippen molar-refractivity contribution >= 4 is 0 Å². The highest BCUT2D eigenvalue weighted by Gasteiger charge is 2.62. The van der Waals surface area contributed by atoms with Gasteiger partial charge in [-0.05, 0) is 43.6 Å². The Bertz CT molecular complexity index is 511. The summed E-state index contributed by atoms with van der Waals surface area (Å²) in [6, 6.07) is 3.91. The molecule has 2 bridgehead atoms. The lowest BCUT2D eigenvalue weighted by Crippen LogP contribution is -2.39. The minimum Gasteiger partial charge on any atom is -0.473 e. The molecule has 1 aromatic rings. The van der Waals surface area contributed by atoms with Crippen molar-refractivity contribution in [2.75, 3.05) is 0 Å². The highest BCUT2D eigenvalue weighted by atomic mass is 16.5. The van der Waals surface area contributed by atoms with Gasteiger partial charge in [0.25, 0.3) is 0 Å². The minimum atomic E-state index is -0.0434. The summed E-state index contributed by atoms with van der Waals surface area (Å²) in [6.07, 6.45) is 5.81. The second kappa shape index (κ2) is 4.45. The van der Waals surface area contributed by atoms with Gasteiger partial charge in [0.15, 0.2) is 0 Å². The Labute approximate surface area is 121 Å². The van der Waals surface area contributed by atoms with Gasteiger partial charge >= 0.3 is 0 Å². The molecule has 2 aliphatic carbocycles. The summed E-state index contributed by atoms with van der Waals surface area (Å²) in [5.41, 5.74) is 7.66. The maximum atomic E-state index is 6.35. The van der Waals surface area contributed by atoms with Gasteiger partial charge in [0.05, 0.1) is 0 Å². The van der Waals surface area contributed by atoms with Crippen molar-refractivity contribution in [3.05, 3.63) is 23.9 Å². The molecule has 0 spiro atoms. The van der Waals surface area contributed by atoms with E-state index in [2.05, 4.69) is 25.8 Å². The number of pyridine rings is 1. The molecule has 2 aliphatic rings. The van der Waals surface area contributed by atoms with Crippen LogP contribution >= 0.6 is 0 Å². The van der Waals surface area contributed by atoms with E-state index in [-0.39, 0.29) is 17.6 Å². The highest BCUT2D eigenvalue weighted by molar-refractivity contribution is 5.29. The van der Waals surface area contributed by atoms with Crippen molar-refractivity contribution in [3.8, 4) is 5.88 Å². The Balaban J connectivity index is 1.87. The number of ether oxygens (including phenoxy) is 1. The summed E-state index contributed by atoms with van der Waals surface area (Å²) >= 11 is 0. The number of hydrogen-bond acceptors (Lipinski definition) is 3. The fraction of sp³-hybridized carbons (Fsp3) is 0.706. The number of fused-ring (bicyclic) bond motifs is 2. The van der Waals surface area contributed by atoms with Crippen LogP contribution in [0.4, 0.5) is 0 Å². The molecule has 0 aliphatic heterocycles. The lowest BCUT2D eigenvalue weighted by atomic mass is 9.70. The smallest absolute Gasteiger partial charge is 0.218 e. The molecule has 2 fully saturated rings. The molecular weight excluding hydrogens is 248 g/mol. The Hall–Kier alpha value is -1.09. The van der Waals surface area contributed by atoms with E-state index in [1.54, 1.807) is 6.20 Å². The molecule has 4 atom stereocenters. The average molecular weight is 274 g/mol. The Kier molecular flexibility index (Phi) is 3.09. The quantitative estimate of drug-likeness (QED) is 0.914. The molecule has 2 saturated carbocycles. The van der Waals surface area contributed by atoms with Crippen molar-refractivity contribution in [3.63, 3.8) is 0 Å². The summed E-state index contributed by atoms with van der Waals surface area (Å²) in [7, 11) is 0. The SMILES string of the molecule is C[C@H](N)c1cccnc1OC1CC2CCC1(C)C2(C)C. The zero-order chi connectivity index (χ0) is 14.5. The third-order valence-electron chi connectivity index (χ3n) is 6.26. The minimum absolute atomic E-state index is 0.0434. The predicted molar refractivity (Wildman–Crippen MR) is 80.5 cm³/mol. The first-order valence-corrected chi connectivity index (χ1v) is 7.73. The summed E-state index contributed by atoms with van der Waals surface area (Å²) in [5, 5.41) is 0. The normalized spacial score (nSPS) is 36.0. The molecule has 20 heavy (non-hydrogen) atoms. The lowest BCUT2D eigenvalue weighted by Gasteiger charge is -2.38. The van der Waals surface area contributed by atoms with Gasteiger partial charge in [0, 0.05) is 23.2 Å². The fourth-order valence-electron chi connectivity index (χ4n) is 4.29. The third kappa shape index (κ3) is 1.79. The van der Waals surface area contributed by atoms with Gasteiger partial charge in [-0.3, -0.25) is 0 Å². The number of nitrogens with two attached hydrogens (primary N) is 1. The largest absolute Gasteiger partial charge is 0.473 e. The van der Waals surface area contributed by atoms with Gasteiger partial charge in [-0.15, -0.1) is 0 Å². The van der Waals surface area contributed by atoms with E-state index < -0.39 is 0 Å². The maximum Gasteiger partial charge on any atom is 0.218 e. The van der Waals surface area contributed by atoms with Crippen molar-refractivity contribution in [2.45, 2.75) is 59.1 Å². The molecule has 0 aromatic carbocycles. The van der Waals surface area contributed by atoms with Gasteiger partial charge in [-0.1, -0.05) is 26.8 Å². The van der Waals surface area contributed by atoms with Crippen LogP contribution in [0.2, 0.25) is 0 Å². The van der Waals surface area contributed by atoms with Crippen LogP contribution < -0.4 is 10.5 Å². The first-order valence-electron chi connectivity index (χ1n) is 7.73. The summed E-state index contributed by atoms with van der Waals surface area (Å²) < 4.78 is 6.35.